The van der Waals surface area contributed by atoms with E-state index in [2.05, 4.69) is 15.2 Å². The lowest BCUT2D eigenvalue weighted by Crippen LogP contribution is -2.58. The number of thioether (sulfide) groups is 2. The maximum atomic E-state index is 13.7. The first-order valence-corrected chi connectivity index (χ1v) is 16.4. The van der Waals surface area contributed by atoms with Gasteiger partial charge in [0.15, 0.2) is 0 Å². The van der Waals surface area contributed by atoms with Crippen LogP contribution in [-0.2, 0) is 14.3 Å². The number of piperazine rings is 1. The molecule has 0 spiro atoms. The van der Waals surface area contributed by atoms with Crippen LogP contribution >= 0.6 is 23.5 Å². The highest BCUT2D eigenvalue weighted by Crippen LogP contribution is 2.28. The summed E-state index contributed by atoms with van der Waals surface area (Å²) >= 11 is 3.29. The van der Waals surface area contributed by atoms with Crippen molar-refractivity contribution in [2.24, 2.45) is 5.92 Å². The van der Waals surface area contributed by atoms with Crippen LogP contribution in [0.25, 0.3) is 0 Å². The quantitative estimate of drug-likeness (QED) is 0.498. The summed E-state index contributed by atoms with van der Waals surface area (Å²) in [5.41, 5.74) is 0.462. The van der Waals surface area contributed by atoms with Crippen LogP contribution in [0.4, 0.5) is 10.5 Å². The molecule has 39 heavy (non-hydrogen) atoms. The third kappa shape index (κ3) is 8.67. The summed E-state index contributed by atoms with van der Waals surface area (Å²) in [6, 6.07) is 2.70. The van der Waals surface area contributed by atoms with E-state index in [1.807, 2.05) is 37.8 Å². The van der Waals surface area contributed by atoms with Crippen LogP contribution in [0.1, 0.15) is 52.9 Å². The summed E-state index contributed by atoms with van der Waals surface area (Å²) in [5.74, 6) is 2.82. The lowest BCUT2D eigenvalue weighted by molar-refractivity contribution is -0.137. The molecular weight excluding hydrogens is 534 g/mol. The summed E-state index contributed by atoms with van der Waals surface area (Å²) < 4.78 is 5.53. The van der Waals surface area contributed by atoms with Crippen molar-refractivity contribution in [2.45, 2.75) is 70.6 Å². The summed E-state index contributed by atoms with van der Waals surface area (Å²) in [4.78, 5) is 49.7. The first-order chi connectivity index (χ1) is 18.7. The Labute approximate surface area is 241 Å². The number of carbonyl (C=O) groups excluding carboxylic acids is 3. The van der Waals surface area contributed by atoms with Gasteiger partial charge in [0.25, 0.3) is 0 Å². The van der Waals surface area contributed by atoms with Gasteiger partial charge in [-0.05, 0) is 57.4 Å². The molecule has 3 fully saturated rings. The summed E-state index contributed by atoms with van der Waals surface area (Å²) in [7, 11) is 0. The first-order valence-electron chi connectivity index (χ1n) is 14.1. The van der Waals surface area contributed by atoms with Crippen molar-refractivity contribution in [3.8, 4) is 0 Å². The topological polar surface area (TPSA) is 95.1 Å². The molecule has 1 unspecified atom stereocenters. The molecule has 1 aliphatic carbocycles. The van der Waals surface area contributed by atoms with Gasteiger partial charge in [-0.1, -0.05) is 19.3 Å². The molecule has 0 radical (unpaired) electrons. The summed E-state index contributed by atoms with van der Waals surface area (Å²) in [5, 5.41) is 3.05. The third-order valence-corrected chi connectivity index (χ3v) is 9.70. The van der Waals surface area contributed by atoms with Crippen LogP contribution in [0.3, 0.4) is 0 Å². The number of amides is 3. The standard InChI is InChI=1S/C28H43N5O4S2/c1-28(2,3)37-27(36)33-20-39-19-24(33)25(34)30-23(18-38-17-21-7-5-4-6-8-21)26(35)32-15-13-31(14-16-32)22-9-11-29-12-10-22/h9-12,21,23-24H,4-8,13-20H2,1-3H3,(H,30,34)/t23-,24?/m0/s1. The maximum Gasteiger partial charge on any atom is 0.411 e. The highest BCUT2D eigenvalue weighted by atomic mass is 32.2. The van der Waals surface area contributed by atoms with Gasteiger partial charge in [0.1, 0.15) is 17.7 Å². The fourth-order valence-corrected chi connectivity index (χ4v) is 7.68. The Morgan fingerprint density at radius 1 is 1.10 bits per heavy atom. The minimum Gasteiger partial charge on any atom is -0.444 e. The Kier molecular flexibility index (Phi) is 10.7. The van der Waals surface area contributed by atoms with E-state index in [1.54, 1.807) is 24.2 Å². The molecule has 3 heterocycles. The van der Waals surface area contributed by atoms with E-state index in [0.717, 1.165) is 24.5 Å². The van der Waals surface area contributed by atoms with Crippen molar-refractivity contribution in [1.29, 1.82) is 0 Å². The Morgan fingerprint density at radius 3 is 2.46 bits per heavy atom. The third-order valence-electron chi connectivity index (χ3n) is 7.41. The molecule has 3 amide bonds. The molecule has 3 aliphatic rings. The average molecular weight is 578 g/mol. The van der Waals surface area contributed by atoms with Crippen molar-refractivity contribution >= 4 is 47.1 Å². The number of pyridine rings is 1. The van der Waals surface area contributed by atoms with E-state index >= 15 is 0 Å². The molecule has 1 aromatic rings. The van der Waals surface area contributed by atoms with Gasteiger partial charge >= 0.3 is 6.09 Å². The predicted molar refractivity (Wildman–Crippen MR) is 158 cm³/mol. The van der Waals surface area contributed by atoms with Crippen LogP contribution < -0.4 is 10.2 Å². The number of ether oxygens (including phenoxy) is 1. The van der Waals surface area contributed by atoms with Gasteiger partial charge in [-0.25, -0.2) is 4.79 Å². The molecule has 1 saturated carbocycles. The van der Waals surface area contributed by atoms with Gasteiger partial charge in [-0.3, -0.25) is 19.5 Å². The zero-order valence-electron chi connectivity index (χ0n) is 23.5. The van der Waals surface area contributed by atoms with Gasteiger partial charge in [0, 0.05) is 55.8 Å². The Balaban J connectivity index is 1.38. The van der Waals surface area contributed by atoms with Crippen molar-refractivity contribution in [3.63, 3.8) is 0 Å². The molecule has 4 rings (SSSR count). The fourth-order valence-electron chi connectivity index (χ4n) is 5.27. The van der Waals surface area contributed by atoms with E-state index in [4.69, 9.17) is 4.74 Å². The Morgan fingerprint density at radius 2 is 1.79 bits per heavy atom. The number of hydrogen-bond acceptors (Lipinski definition) is 8. The highest BCUT2D eigenvalue weighted by molar-refractivity contribution is 7.99. The maximum absolute atomic E-state index is 13.7. The number of anilines is 1. The highest BCUT2D eigenvalue weighted by Gasteiger charge is 2.39. The predicted octanol–water partition coefficient (Wildman–Crippen LogP) is 3.84. The van der Waals surface area contributed by atoms with Crippen molar-refractivity contribution in [2.75, 3.05) is 54.2 Å². The van der Waals surface area contributed by atoms with Crippen LogP contribution in [0.15, 0.2) is 24.5 Å². The molecular formula is C28H43N5O4S2. The van der Waals surface area contributed by atoms with Crippen molar-refractivity contribution in [1.82, 2.24) is 20.1 Å². The van der Waals surface area contributed by atoms with Crippen LogP contribution in [-0.4, -0.2) is 99.7 Å². The molecule has 11 heteroatoms. The molecule has 0 aromatic carbocycles. The minimum absolute atomic E-state index is 0.0386. The van der Waals surface area contributed by atoms with Crippen molar-refractivity contribution in [3.05, 3.63) is 24.5 Å². The second-order valence-electron chi connectivity index (χ2n) is 11.6. The molecule has 2 aliphatic heterocycles. The number of aromatic nitrogens is 1. The summed E-state index contributed by atoms with van der Waals surface area (Å²) in [6.07, 6.45) is 9.45. The average Bonchev–Trinajstić information content (AvgIpc) is 3.43. The monoisotopic (exact) mass is 577 g/mol. The second-order valence-corrected chi connectivity index (χ2v) is 13.7. The van der Waals surface area contributed by atoms with E-state index in [1.165, 1.54) is 48.8 Å². The van der Waals surface area contributed by atoms with Gasteiger partial charge < -0.3 is 19.9 Å². The zero-order chi connectivity index (χ0) is 27.8. The van der Waals surface area contributed by atoms with Crippen LogP contribution in [0.5, 0.6) is 0 Å². The lowest BCUT2D eigenvalue weighted by atomic mass is 9.91. The van der Waals surface area contributed by atoms with Gasteiger partial charge in [0.2, 0.25) is 11.8 Å². The van der Waals surface area contributed by atoms with E-state index in [-0.39, 0.29) is 11.8 Å². The SMILES string of the molecule is CC(C)(C)OC(=O)N1CSCC1C(=O)N[C@@H](CSCC1CCCCC1)C(=O)N1CCN(c2ccncc2)CC1. The molecule has 216 valence electrons. The summed E-state index contributed by atoms with van der Waals surface area (Å²) in [6.45, 7) is 8.12. The lowest BCUT2D eigenvalue weighted by Gasteiger charge is -2.38. The normalized spacial score (nSPS) is 21.5. The number of nitrogens with one attached hydrogen (secondary N) is 1. The minimum atomic E-state index is -0.646. The second kappa shape index (κ2) is 14.0. The number of nitrogens with zero attached hydrogens (tertiary/aromatic N) is 4. The van der Waals surface area contributed by atoms with Crippen molar-refractivity contribution < 1.29 is 19.1 Å². The Bertz CT molecular complexity index is 962. The van der Waals surface area contributed by atoms with Gasteiger partial charge in [-0.2, -0.15) is 11.8 Å². The largest absolute Gasteiger partial charge is 0.444 e. The molecule has 2 atom stereocenters. The number of carbonyl (C=O) groups is 3. The molecule has 2 saturated heterocycles. The van der Waals surface area contributed by atoms with E-state index in [0.29, 0.717) is 36.4 Å². The molecule has 9 nitrogen and oxygen atoms in total. The van der Waals surface area contributed by atoms with Crippen LogP contribution in [0.2, 0.25) is 0 Å². The molecule has 1 aromatic heterocycles. The zero-order valence-corrected chi connectivity index (χ0v) is 25.1. The Hall–Kier alpha value is -2.14. The molecule has 1 N–H and O–H groups in total. The number of rotatable bonds is 8. The van der Waals surface area contributed by atoms with E-state index < -0.39 is 23.8 Å². The first kappa shape index (κ1) is 29.8. The van der Waals surface area contributed by atoms with Gasteiger partial charge in [-0.15, -0.1) is 11.8 Å². The number of hydrogen-bond donors (Lipinski definition) is 1. The van der Waals surface area contributed by atoms with Gasteiger partial charge in [0.05, 0.1) is 5.88 Å². The van der Waals surface area contributed by atoms with E-state index in [9.17, 15) is 14.4 Å². The molecule has 0 bridgehead atoms. The smallest absolute Gasteiger partial charge is 0.411 e. The van der Waals surface area contributed by atoms with Crippen LogP contribution in [0, 0.1) is 5.92 Å². The fraction of sp³-hybridized carbons (Fsp3) is 0.714.